The summed E-state index contributed by atoms with van der Waals surface area (Å²) < 4.78 is 70.0. The zero-order chi connectivity index (χ0) is 23.0. The minimum Gasteiger partial charge on any atom is -0.478 e. The van der Waals surface area contributed by atoms with E-state index < -0.39 is 47.0 Å². The molecule has 0 saturated heterocycles. The number of alkyl halides is 3. The molecular weight excluding hydrogens is 446 g/mol. The minimum absolute atomic E-state index is 0.000763. The fraction of sp³-hybridized carbons (Fsp3) is 0.571. The normalized spacial score (nSPS) is 36.4. The van der Waals surface area contributed by atoms with Crippen molar-refractivity contribution in [3.63, 3.8) is 0 Å². The molecule has 176 valence electrons. The summed E-state index contributed by atoms with van der Waals surface area (Å²) in [6, 6.07) is 3.09. The Hall–Kier alpha value is -3.05. The van der Waals surface area contributed by atoms with Crippen LogP contribution in [0.15, 0.2) is 18.3 Å². The minimum atomic E-state index is -3.12. The van der Waals surface area contributed by atoms with Crippen molar-refractivity contribution in [1.29, 1.82) is 0 Å². The number of aromatic amines is 1. The van der Waals surface area contributed by atoms with Gasteiger partial charge < -0.3 is 20.1 Å². The Kier molecular flexibility index (Phi) is 4.19. The second kappa shape index (κ2) is 6.73. The van der Waals surface area contributed by atoms with Gasteiger partial charge in [0.2, 0.25) is 5.88 Å². The molecule has 4 fully saturated rings. The van der Waals surface area contributed by atoms with Crippen LogP contribution in [0.3, 0.4) is 0 Å². The maximum absolute atomic E-state index is 15.0. The molecule has 2 aromatic rings. The third-order valence-corrected chi connectivity index (χ3v) is 7.55. The van der Waals surface area contributed by atoms with E-state index in [9.17, 15) is 22.4 Å². The van der Waals surface area contributed by atoms with Crippen LogP contribution in [0.4, 0.5) is 33.9 Å². The number of carbonyl (C=O) groups is 1. The molecule has 7 aliphatic rings. The quantitative estimate of drug-likeness (QED) is 0.508. The highest BCUT2D eigenvalue weighted by Crippen LogP contribution is 2.77. The van der Waals surface area contributed by atoms with Crippen molar-refractivity contribution >= 4 is 17.6 Å². The molecule has 2 aromatic heterocycles. The number of carbonyl (C=O) groups excluding carboxylic acids is 1. The van der Waals surface area contributed by atoms with Crippen molar-refractivity contribution in [2.45, 2.75) is 61.8 Å². The molecule has 5 heterocycles. The molecule has 9 rings (SSSR count). The van der Waals surface area contributed by atoms with Crippen LogP contribution in [0.5, 0.6) is 5.88 Å². The maximum Gasteiger partial charge on any atom is 0.408 e. The van der Waals surface area contributed by atoms with Crippen LogP contribution < -0.4 is 15.4 Å². The Morgan fingerprint density at radius 3 is 2.82 bits per heavy atom. The van der Waals surface area contributed by atoms with Gasteiger partial charge in [-0.25, -0.2) is 27.3 Å². The Labute approximate surface area is 185 Å². The average Bonchev–Trinajstić information content (AvgIpc) is 3.28. The predicted molar refractivity (Wildman–Crippen MR) is 106 cm³/mol. The Morgan fingerprint density at radius 2 is 2.03 bits per heavy atom. The zero-order valence-corrected chi connectivity index (χ0v) is 17.3. The molecule has 12 heteroatoms. The van der Waals surface area contributed by atoms with Crippen molar-refractivity contribution in [2.24, 2.45) is 5.41 Å². The summed E-state index contributed by atoms with van der Waals surface area (Å²) in [4.78, 5) is 16.4. The van der Waals surface area contributed by atoms with Gasteiger partial charge in [0.05, 0.1) is 12.3 Å². The van der Waals surface area contributed by atoms with Gasteiger partial charge in [0.1, 0.15) is 17.8 Å². The SMILES string of the molecule is O=C1NC23CC(CCOc4cc(ccn4)Nc4n[nH]c(c4F)[C@H]4C[C@@H](F)[C@H](C4)O1)(C2)C3(F)F. The number of hydrogen-bond donors (Lipinski definition) is 3. The van der Waals surface area contributed by atoms with Gasteiger partial charge in [0.15, 0.2) is 11.6 Å². The van der Waals surface area contributed by atoms with Gasteiger partial charge in [-0.15, -0.1) is 0 Å². The van der Waals surface area contributed by atoms with Gasteiger partial charge in [-0.3, -0.25) is 5.10 Å². The molecule has 0 radical (unpaired) electrons. The summed E-state index contributed by atoms with van der Waals surface area (Å²) in [6.07, 6.45) is -2.18. The van der Waals surface area contributed by atoms with Gasteiger partial charge in [0, 0.05) is 29.3 Å². The fourth-order valence-corrected chi connectivity index (χ4v) is 5.76. The number of nitrogens with zero attached hydrogens (tertiary/aromatic N) is 2. The second-order valence-corrected chi connectivity index (χ2v) is 9.45. The first kappa shape index (κ1) is 20.5. The van der Waals surface area contributed by atoms with Crippen LogP contribution in [0.25, 0.3) is 0 Å². The van der Waals surface area contributed by atoms with Crippen molar-refractivity contribution < 1.29 is 31.8 Å². The van der Waals surface area contributed by atoms with Gasteiger partial charge in [0.25, 0.3) is 5.92 Å². The molecule has 3 N–H and O–H groups in total. The van der Waals surface area contributed by atoms with Crippen LogP contribution in [-0.2, 0) is 4.74 Å². The summed E-state index contributed by atoms with van der Waals surface area (Å²) in [5, 5.41) is 11.6. The first-order chi connectivity index (χ1) is 15.7. The number of ether oxygens (including phenoxy) is 2. The molecule has 4 saturated carbocycles. The Bertz CT molecular complexity index is 1120. The highest BCUT2D eigenvalue weighted by Gasteiger charge is 2.88. The van der Waals surface area contributed by atoms with E-state index in [0.717, 1.165) is 0 Å². The molecular formula is C21H21F4N5O3. The van der Waals surface area contributed by atoms with Gasteiger partial charge >= 0.3 is 6.09 Å². The lowest BCUT2D eigenvalue weighted by molar-refractivity contribution is -0.374. The highest BCUT2D eigenvalue weighted by molar-refractivity contribution is 5.70. The lowest BCUT2D eigenvalue weighted by atomic mass is 9.35. The zero-order valence-electron chi connectivity index (χ0n) is 17.3. The van der Waals surface area contributed by atoms with Crippen LogP contribution >= 0.6 is 0 Å². The molecule has 0 spiro atoms. The van der Waals surface area contributed by atoms with Gasteiger partial charge in [-0.05, 0) is 38.2 Å². The van der Waals surface area contributed by atoms with Crippen molar-refractivity contribution in [3.05, 3.63) is 29.8 Å². The fourth-order valence-electron chi connectivity index (χ4n) is 5.76. The van der Waals surface area contributed by atoms with E-state index in [1.807, 2.05) is 0 Å². The van der Waals surface area contributed by atoms with Crippen LogP contribution in [0.2, 0.25) is 0 Å². The number of H-pyrrole nitrogens is 1. The lowest BCUT2D eigenvalue weighted by Crippen LogP contribution is -2.89. The van der Waals surface area contributed by atoms with Gasteiger partial charge in [-0.1, -0.05) is 0 Å². The van der Waals surface area contributed by atoms with E-state index in [2.05, 4.69) is 25.8 Å². The standard InChI is InChI=1S/C21H21F4N5O3/c22-12-5-10-6-13(12)33-18(31)28-20-8-19(9-20,21(20,24)25)2-4-32-14-7-11(1-3-26-14)27-17-15(23)16(10)29-30-17/h1,3,7,10,12-13H,2,4-6,8-9H2,(H,28,31)(H2,27,29,30)/t10-,12+,13-,19?,20?/m0/s1. The third-order valence-electron chi connectivity index (χ3n) is 7.55. The number of aromatic nitrogens is 3. The number of rotatable bonds is 0. The molecule has 0 unspecified atom stereocenters. The summed E-state index contributed by atoms with van der Waals surface area (Å²) in [5.41, 5.74) is -2.41. The van der Waals surface area contributed by atoms with E-state index in [-0.39, 0.29) is 56.1 Å². The predicted octanol–water partition coefficient (Wildman–Crippen LogP) is 3.95. The number of halogens is 4. The molecule has 8 bridgehead atoms. The second-order valence-electron chi connectivity index (χ2n) is 9.45. The number of anilines is 2. The lowest BCUT2D eigenvalue weighted by Gasteiger charge is -2.74. The summed E-state index contributed by atoms with van der Waals surface area (Å²) in [5.74, 6) is -4.30. The third kappa shape index (κ3) is 2.85. The van der Waals surface area contributed by atoms with Crippen molar-refractivity contribution in [3.8, 4) is 5.88 Å². The monoisotopic (exact) mass is 467 g/mol. The average molecular weight is 467 g/mol. The Balaban J connectivity index is 1.30. The number of alkyl carbamates (subject to hydrolysis) is 1. The van der Waals surface area contributed by atoms with Crippen molar-refractivity contribution in [2.75, 3.05) is 11.9 Å². The number of pyridine rings is 1. The van der Waals surface area contributed by atoms with E-state index in [1.165, 1.54) is 12.3 Å². The van der Waals surface area contributed by atoms with E-state index >= 15 is 0 Å². The first-order valence-electron chi connectivity index (χ1n) is 10.8. The van der Waals surface area contributed by atoms with Crippen LogP contribution in [0.1, 0.15) is 43.7 Å². The molecule has 0 aromatic carbocycles. The smallest absolute Gasteiger partial charge is 0.408 e. The van der Waals surface area contributed by atoms with E-state index in [1.54, 1.807) is 6.07 Å². The number of amides is 1. The first-order valence-corrected chi connectivity index (χ1v) is 10.8. The molecule has 33 heavy (non-hydrogen) atoms. The van der Waals surface area contributed by atoms with Crippen molar-refractivity contribution in [1.82, 2.24) is 20.5 Å². The maximum atomic E-state index is 15.0. The van der Waals surface area contributed by atoms with E-state index in [0.29, 0.717) is 5.69 Å². The summed E-state index contributed by atoms with van der Waals surface area (Å²) in [7, 11) is 0. The van der Waals surface area contributed by atoms with E-state index in [4.69, 9.17) is 9.47 Å². The molecule has 8 nitrogen and oxygen atoms in total. The largest absolute Gasteiger partial charge is 0.478 e. The Morgan fingerprint density at radius 1 is 1.21 bits per heavy atom. The molecule has 4 aliphatic carbocycles. The number of hydrogen-bond acceptors (Lipinski definition) is 6. The molecule has 3 atom stereocenters. The molecule has 3 aliphatic heterocycles. The number of nitrogens with one attached hydrogen (secondary N) is 3. The summed E-state index contributed by atoms with van der Waals surface area (Å²) in [6.45, 7) is 0.000763. The van der Waals surface area contributed by atoms with Crippen LogP contribution in [-0.4, -0.2) is 51.6 Å². The van der Waals surface area contributed by atoms with Crippen LogP contribution in [0, 0.1) is 11.2 Å². The topological polar surface area (TPSA) is 101 Å². The van der Waals surface area contributed by atoms with Gasteiger partial charge in [-0.2, -0.15) is 5.10 Å². The molecule has 1 amide bonds. The highest BCUT2D eigenvalue weighted by atomic mass is 19.3. The summed E-state index contributed by atoms with van der Waals surface area (Å²) >= 11 is 0.